The summed E-state index contributed by atoms with van der Waals surface area (Å²) >= 11 is 11.9. The van der Waals surface area contributed by atoms with Crippen molar-refractivity contribution in [2.75, 3.05) is 84.2 Å². The Bertz CT molecular complexity index is 5510. The van der Waals surface area contributed by atoms with Crippen LogP contribution < -0.4 is 44.9 Å². The number of aliphatic carboxylic acids is 1. The molecule has 14 rings (SSSR count). The van der Waals surface area contributed by atoms with Crippen molar-refractivity contribution in [3.05, 3.63) is 194 Å². The number of esters is 1. The average Bonchev–Trinajstić information content (AvgIpc) is 1.32. The van der Waals surface area contributed by atoms with Crippen LogP contribution >= 0.6 is 23.2 Å². The molecule has 572 valence electrons. The van der Waals surface area contributed by atoms with Gasteiger partial charge in [-0.3, -0.25) is 42.8 Å². The van der Waals surface area contributed by atoms with Gasteiger partial charge in [0, 0.05) is 129 Å². The van der Waals surface area contributed by atoms with Crippen LogP contribution in [0.1, 0.15) is 138 Å². The van der Waals surface area contributed by atoms with Gasteiger partial charge in [0.05, 0.1) is 74.1 Å². The van der Waals surface area contributed by atoms with Crippen molar-refractivity contribution >= 4 is 114 Å². The maximum atomic E-state index is 16.4. The highest BCUT2D eigenvalue weighted by atomic mass is 35.5. The monoisotopic (exact) mass is 1530 g/mol. The number of piperazine rings is 2. The largest absolute Gasteiger partial charge is 0.497 e. The first kappa shape index (κ1) is 77.8. The molecular weight excluding hydrogens is 1450 g/mol. The molecule has 6 heterocycles. The molecule has 24 nitrogen and oxygen atoms in total. The molecule has 2 unspecified atom stereocenters. The average molecular weight is 1530 g/mol. The Kier molecular flexibility index (Phi) is 22.4. The normalized spacial score (nSPS) is 15.9. The highest BCUT2D eigenvalue weighted by Crippen LogP contribution is 2.49. The number of methoxy groups -OCH3 is 4. The smallest absolute Gasteiger partial charge is 0.341 e. The number of hydrogen-bond acceptors (Lipinski definition) is 17. The first-order chi connectivity index (χ1) is 52.0. The molecule has 4 aromatic heterocycles. The Morgan fingerprint density at radius 3 is 1.34 bits per heavy atom. The SMILES string of the molecule is COc1c(N2CCNC(C)C2)c(F)c(C)c2c(=O)c(C(=O)O)c(C)n(C3CC3)c12.COc1ccc2c(c1)c(CC(=O)O)c(C)n2C(=O)c1ccc(Cl)cc1.COc1ccc2c(c1)c(CC(=O)OCN1CCN(c3c(F)c(C)c4c(=O)c(C(=O)O)c(C)n(C5CC5)c4c3OC)CC1C)c(C)n2C(=O)c1ccc(Cl)cc1. The Hall–Kier alpha value is -10.8. The van der Waals surface area contributed by atoms with Crippen LogP contribution in [0.5, 0.6) is 23.0 Å². The number of aryl methyl sites for hydroxylation is 2. The Morgan fingerprint density at radius 2 is 0.963 bits per heavy atom. The number of carbonyl (C=O) groups excluding carboxylic acids is 3. The lowest BCUT2D eigenvalue weighted by Gasteiger charge is -2.41. The van der Waals surface area contributed by atoms with E-state index in [1.807, 2.05) is 37.7 Å². The van der Waals surface area contributed by atoms with Gasteiger partial charge in [0.1, 0.15) is 40.7 Å². The number of anilines is 2. The quantitative estimate of drug-likeness (QED) is 0.0581. The van der Waals surface area contributed by atoms with Gasteiger partial charge in [-0.15, -0.1) is 0 Å². The van der Waals surface area contributed by atoms with Crippen LogP contribution in [0.4, 0.5) is 20.2 Å². The third kappa shape index (κ3) is 14.7. The van der Waals surface area contributed by atoms with Crippen LogP contribution in [0.25, 0.3) is 43.6 Å². The lowest BCUT2D eigenvalue weighted by molar-refractivity contribution is -0.148. The van der Waals surface area contributed by atoms with Crippen molar-refractivity contribution in [2.24, 2.45) is 0 Å². The summed E-state index contributed by atoms with van der Waals surface area (Å²) in [5, 5.41) is 34.7. The highest BCUT2D eigenvalue weighted by Gasteiger charge is 2.39. The zero-order valence-electron chi connectivity index (χ0n) is 62.4. The van der Waals surface area contributed by atoms with Gasteiger partial charge in [-0.05, 0) is 177 Å². The molecule has 4 N–H and O–H groups in total. The molecule has 0 radical (unpaired) electrons. The van der Waals surface area contributed by atoms with Gasteiger partial charge < -0.3 is 63.3 Å². The van der Waals surface area contributed by atoms with Crippen molar-refractivity contribution in [1.29, 1.82) is 0 Å². The van der Waals surface area contributed by atoms with Crippen LogP contribution in [0.2, 0.25) is 10.0 Å². The van der Waals surface area contributed by atoms with Crippen molar-refractivity contribution in [3.63, 3.8) is 0 Å². The number of ether oxygens (including phenoxy) is 5. The van der Waals surface area contributed by atoms with E-state index in [2.05, 4.69) is 5.32 Å². The number of benzene rings is 6. The summed E-state index contributed by atoms with van der Waals surface area (Å²) in [6.07, 6.45) is 3.12. The summed E-state index contributed by atoms with van der Waals surface area (Å²) in [6.45, 7) is 16.9. The molecule has 28 heteroatoms. The van der Waals surface area contributed by atoms with E-state index in [1.165, 1.54) is 25.7 Å². The maximum absolute atomic E-state index is 16.4. The van der Waals surface area contributed by atoms with Gasteiger partial charge in [-0.1, -0.05) is 23.2 Å². The van der Waals surface area contributed by atoms with Gasteiger partial charge in [-0.25, -0.2) is 18.4 Å². The Balaban J connectivity index is 0.000000171. The lowest BCUT2D eigenvalue weighted by Crippen LogP contribution is -2.53. The number of carbonyl (C=O) groups is 6. The van der Waals surface area contributed by atoms with Crippen LogP contribution in [0, 0.1) is 53.2 Å². The van der Waals surface area contributed by atoms with E-state index < -0.39 is 46.4 Å². The summed E-state index contributed by atoms with van der Waals surface area (Å²) in [5.74, 6) is -4.06. The van der Waals surface area contributed by atoms with Crippen LogP contribution in [0.3, 0.4) is 0 Å². The number of nitrogens with zero attached hydrogens (tertiary/aromatic N) is 7. The first-order valence-corrected chi connectivity index (χ1v) is 36.4. The molecule has 2 atom stereocenters. The fraction of sp³-hybridized carbons (Fsp3) is 0.358. The van der Waals surface area contributed by atoms with Crippen LogP contribution in [-0.2, 0) is 27.2 Å². The summed E-state index contributed by atoms with van der Waals surface area (Å²) < 4.78 is 67.0. The van der Waals surface area contributed by atoms with E-state index in [4.69, 9.17) is 46.9 Å². The summed E-state index contributed by atoms with van der Waals surface area (Å²) in [5.41, 5.74) is 5.01. The summed E-state index contributed by atoms with van der Waals surface area (Å²) in [7, 11) is 5.99. The van der Waals surface area contributed by atoms with E-state index in [-0.39, 0.29) is 100 Å². The zero-order chi connectivity index (χ0) is 78.6. The number of nitrogens with one attached hydrogen (secondary N) is 1. The second-order valence-electron chi connectivity index (χ2n) is 28.0. The van der Waals surface area contributed by atoms with Gasteiger partial charge >= 0.3 is 23.9 Å². The number of rotatable bonds is 18. The second-order valence-corrected chi connectivity index (χ2v) is 28.8. The predicted molar refractivity (Wildman–Crippen MR) is 412 cm³/mol. The minimum atomic E-state index is -1.35. The molecular formula is C81H84Cl2F2N8O16. The number of hydrogen-bond donors (Lipinski definition) is 4. The van der Waals surface area contributed by atoms with Crippen molar-refractivity contribution in [2.45, 2.75) is 118 Å². The molecule has 2 saturated carbocycles. The van der Waals surface area contributed by atoms with Crippen molar-refractivity contribution in [3.8, 4) is 23.0 Å². The minimum absolute atomic E-state index is 0.00664. The van der Waals surface area contributed by atoms with Gasteiger partial charge in [0.2, 0.25) is 10.9 Å². The van der Waals surface area contributed by atoms with Crippen LogP contribution in [0.15, 0.2) is 94.5 Å². The topological polar surface area (TPSA) is 285 Å². The zero-order valence-corrected chi connectivity index (χ0v) is 63.9. The number of aromatic nitrogens is 4. The van der Waals surface area contributed by atoms with Crippen molar-refractivity contribution < 1.29 is 76.6 Å². The minimum Gasteiger partial charge on any atom is -0.497 e. The van der Waals surface area contributed by atoms with E-state index in [0.29, 0.717) is 150 Å². The van der Waals surface area contributed by atoms with Gasteiger partial charge in [0.25, 0.3) is 11.8 Å². The number of aromatic carboxylic acids is 2. The second kappa shape index (κ2) is 31.4. The third-order valence-corrected chi connectivity index (χ3v) is 21.6. The van der Waals surface area contributed by atoms with Gasteiger partial charge in [0.15, 0.2) is 23.1 Å². The third-order valence-electron chi connectivity index (χ3n) is 21.1. The molecule has 2 aliphatic heterocycles. The molecule has 0 bridgehead atoms. The number of carboxylic acid groups (broad SMARTS) is 3. The predicted octanol–water partition coefficient (Wildman–Crippen LogP) is 13.2. The number of pyridine rings is 2. The molecule has 0 spiro atoms. The molecule has 6 aromatic carbocycles. The molecule has 109 heavy (non-hydrogen) atoms. The molecule has 2 aliphatic carbocycles. The van der Waals surface area contributed by atoms with Gasteiger partial charge in [-0.2, -0.15) is 0 Å². The summed E-state index contributed by atoms with van der Waals surface area (Å²) in [4.78, 5) is 108. The Morgan fingerprint density at radius 1 is 0.541 bits per heavy atom. The standard InChI is InChI=1S/C41H42ClFN4O8.C21H26FN3O4.C19H16ClNO4/c1-21-19-44(37-35(43)22(2)33-36(39(37)54-6)46(27-11-12-27)24(4)34(38(33)49)41(51)52)15-16-45(21)20-55-32(48)18-29-23(3)47(31-14-13-28(53-5)17-30(29)31)40(50)25-7-9-26(42)10-8-25;1-10-9-24(8-7-23-10)18-16(22)11(2)14-17(20(18)29-4)25(13-5-6-13)12(3)15(19(14)26)21(27)28;1-11-15(10-18(22)23)16-9-14(25-2)7-8-17(16)21(11)19(24)12-3-5-13(20)6-4-12/h7-10,13-14,17,21,27H,11-12,15-16,18-20H2,1-6H3,(H,51,52);10,13,23H,5-9H2,1-4H3,(H,27,28);3-9H,10H2,1-2H3,(H,22,23). The Labute approximate surface area is 635 Å². The molecule has 4 aliphatic rings. The number of fused-ring (bicyclic) bond motifs is 4. The van der Waals surface area contributed by atoms with Crippen LogP contribution in [-0.4, -0.2) is 161 Å². The molecule has 2 saturated heterocycles. The van der Waals surface area contributed by atoms with E-state index in [1.54, 1.807) is 138 Å². The maximum Gasteiger partial charge on any atom is 0.341 e. The molecule has 4 fully saturated rings. The van der Waals surface area contributed by atoms with E-state index >= 15 is 8.78 Å². The first-order valence-electron chi connectivity index (χ1n) is 35.6. The van der Waals surface area contributed by atoms with E-state index in [0.717, 1.165) is 25.7 Å². The van der Waals surface area contributed by atoms with Crippen molar-refractivity contribution in [1.82, 2.24) is 28.5 Å². The highest BCUT2D eigenvalue weighted by molar-refractivity contribution is 6.31. The molecule has 0 amide bonds. The lowest BCUT2D eigenvalue weighted by atomic mass is 9.99. The fourth-order valence-corrected chi connectivity index (χ4v) is 15.7. The molecule has 10 aromatic rings. The van der Waals surface area contributed by atoms with E-state index in [9.17, 15) is 53.7 Å². The number of carboxylic acids is 3. The number of halogens is 4. The summed E-state index contributed by atoms with van der Waals surface area (Å²) in [6, 6.07) is 23.9. The fourth-order valence-electron chi connectivity index (χ4n) is 15.4.